The maximum absolute atomic E-state index is 9.13. The van der Waals surface area contributed by atoms with Crippen LogP contribution in [-0.2, 0) is 0 Å². The summed E-state index contributed by atoms with van der Waals surface area (Å²) in [7, 11) is 0. The van der Waals surface area contributed by atoms with Crippen LogP contribution in [-0.4, -0.2) is 15.8 Å². The number of hydrogen-bond acceptors (Lipinski definition) is 2. The van der Waals surface area contributed by atoms with Crippen LogP contribution < -0.4 is 0 Å². The summed E-state index contributed by atoms with van der Waals surface area (Å²) in [5, 5.41) is 10.3. The summed E-state index contributed by atoms with van der Waals surface area (Å²) >= 11 is 0. The standard InChI is InChI=1S/C7H11NO/c1-7(2)5-3-4-6-8(7)9/h3-6,9H,1-2H3. The van der Waals surface area contributed by atoms with Crippen LogP contribution >= 0.6 is 0 Å². The van der Waals surface area contributed by atoms with E-state index in [0.29, 0.717) is 0 Å². The summed E-state index contributed by atoms with van der Waals surface area (Å²) in [6.45, 7) is 3.88. The van der Waals surface area contributed by atoms with Crippen molar-refractivity contribution in [3.63, 3.8) is 0 Å². The second-order valence-electron chi connectivity index (χ2n) is 2.70. The highest BCUT2D eigenvalue weighted by atomic mass is 16.5. The van der Waals surface area contributed by atoms with Crippen LogP contribution in [0, 0.1) is 0 Å². The molecule has 1 heterocycles. The van der Waals surface area contributed by atoms with Gasteiger partial charge in [-0.3, -0.25) is 10.3 Å². The maximum Gasteiger partial charge on any atom is 0.0791 e. The van der Waals surface area contributed by atoms with E-state index in [9.17, 15) is 0 Å². The van der Waals surface area contributed by atoms with Crippen molar-refractivity contribution in [3.05, 3.63) is 24.4 Å². The molecule has 2 nitrogen and oxygen atoms in total. The predicted octanol–water partition coefficient (Wildman–Crippen LogP) is 1.54. The van der Waals surface area contributed by atoms with Crippen molar-refractivity contribution >= 4 is 0 Å². The summed E-state index contributed by atoms with van der Waals surface area (Å²) in [5.74, 6) is 0. The maximum atomic E-state index is 9.13. The van der Waals surface area contributed by atoms with Crippen LogP contribution in [0.1, 0.15) is 13.8 Å². The van der Waals surface area contributed by atoms with Gasteiger partial charge in [0.2, 0.25) is 0 Å². The van der Waals surface area contributed by atoms with Gasteiger partial charge in [-0.25, -0.2) is 0 Å². The first-order valence-corrected chi connectivity index (χ1v) is 2.97. The molecule has 0 atom stereocenters. The third-order valence-corrected chi connectivity index (χ3v) is 1.43. The molecule has 0 fully saturated rings. The third-order valence-electron chi connectivity index (χ3n) is 1.43. The smallest absolute Gasteiger partial charge is 0.0791 e. The van der Waals surface area contributed by atoms with Crippen LogP contribution in [0.4, 0.5) is 0 Å². The van der Waals surface area contributed by atoms with E-state index < -0.39 is 0 Å². The second-order valence-corrected chi connectivity index (χ2v) is 2.70. The average molecular weight is 125 g/mol. The molecule has 9 heavy (non-hydrogen) atoms. The first-order valence-electron chi connectivity index (χ1n) is 2.97. The molecular formula is C7H11NO. The van der Waals surface area contributed by atoms with Crippen LogP contribution in [0.3, 0.4) is 0 Å². The van der Waals surface area contributed by atoms with E-state index in [4.69, 9.17) is 5.21 Å². The van der Waals surface area contributed by atoms with Gasteiger partial charge in [0.1, 0.15) is 0 Å². The van der Waals surface area contributed by atoms with Gasteiger partial charge in [-0.2, -0.15) is 0 Å². The molecule has 0 aliphatic carbocycles. The normalized spacial score (nSPS) is 22.8. The van der Waals surface area contributed by atoms with Crippen LogP contribution in [0.15, 0.2) is 24.4 Å². The summed E-state index contributed by atoms with van der Waals surface area (Å²) in [4.78, 5) is 0. The molecule has 1 N–H and O–H groups in total. The zero-order valence-corrected chi connectivity index (χ0v) is 5.70. The highest BCUT2D eigenvalue weighted by Crippen LogP contribution is 2.16. The molecular weight excluding hydrogens is 114 g/mol. The minimum absolute atomic E-state index is 0.241. The fraction of sp³-hybridized carbons (Fsp3) is 0.429. The minimum Gasteiger partial charge on any atom is -0.288 e. The Bertz CT molecular complexity index is 158. The molecule has 1 aliphatic rings. The zero-order chi connectivity index (χ0) is 6.91. The van der Waals surface area contributed by atoms with Crippen molar-refractivity contribution in [2.45, 2.75) is 19.4 Å². The molecule has 0 aromatic carbocycles. The molecule has 0 aromatic rings. The number of hydroxylamine groups is 2. The average Bonchev–Trinajstić information content (AvgIpc) is 1.77. The van der Waals surface area contributed by atoms with Crippen molar-refractivity contribution in [1.29, 1.82) is 0 Å². The molecule has 0 spiro atoms. The molecule has 0 amide bonds. The number of allylic oxidation sites excluding steroid dienone is 2. The Hall–Kier alpha value is -0.760. The van der Waals surface area contributed by atoms with Gasteiger partial charge >= 0.3 is 0 Å². The topological polar surface area (TPSA) is 23.5 Å². The summed E-state index contributed by atoms with van der Waals surface area (Å²) in [5.41, 5.74) is -0.241. The van der Waals surface area contributed by atoms with Crippen molar-refractivity contribution in [2.24, 2.45) is 0 Å². The van der Waals surface area contributed by atoms with Gasteiger partial charge in [-0.1, -0.05) is 12.2 Å². The second kappa shape index (κ2) is 1.88. The molecule has 1 rings (SSSR count). The summed E-state index contributed by atoms with van der Waals surface area (Å²) in [6, 6.07) is 0. The summed E-state index contributed by atoms with van der Waals surface area (Å²) in [6.07, 6.45) is 7.30. The quantitative estimate of drug-likeness (QED) is 0.530. The van der Waals surface area contributed by atoms with E-state index in [1.54, 1.807) is 12.3 Å². The lowest BCUT2D eigenvalue weighted by Gasteiger charge is -2.30. The molecule has 0 saturated carbocycles. The Morgan fingerprint density at radius 2 is 2.00 bits per heavy atom. The van der Waals surface area contributed by atoms with E-state index in [1.165, 1.54) is 5.06 Å². The molecule has 2 heteroatoms. The number of nitrogens with zero attached hydrogens (tertiary/aromatic N) is 1. The lowest BCUT2D eigenvalue weighted by atomic mass is 10.0. The Balaban J connectivity index is 2.78. The predicted molar refractivity (Wildman–Crippen MR) is 36.0 cm³/mol. The van der Waals surface area contributed by atoms with E-state index in [0.717, 1.165) is 0 Å². The van der Waals surface area contributed by atoms with Crippen LogP contribution in [0.2, 0.25) is 0 Å². The van der Waals surface area contributed by atoms with Gasteiger partial charge in [-0.15, -0.1) is 0 Å². The lowest BCUT2D eigenvalue weighted by molar-refractivity contribution is -0.0992. The van der Waals surface area contributed by atoms with Crippen LogP contribution in [0.25, 0.3) is 0 Å². The number of hydrogen-bond donors (Lipinski definition) is 1. The first kappa shape index (κ1) is 6.36. The highest BCUT2D eigenvalue weighted by molar-refractivity contribution is 5.15. The zero-order valence-electron chi connectivity index (χ0n) is 5.70. The van der Waals surface area contributed by atoms with Crippen molar-refractivity contribution in [2.75, 3.05) is 0 Å². The first-order chi connectivity index (χ1) is 4.13. The van der Waals surface area contributed by atoms with Gasteiger partial charge in [-0.05, 0) is 19.9 Å². The van der Waals surface area contributed by atoms with Crippen molar-refractivity contribution < 1.29 is 5.21 Å². The highest BCUT2D eigenvalue weighted by Gasteiger charge is 2.20. The minimum atomic E-state index is -0.241. The Morgan fingerprint density at radius 3 is 2.33 bits per heavy atom. The fourth-order valence-electron chi connectivity index (χ4n) is 0.691. The molecule has 0 unspecified atom stereocenters. The van der Waals surface area contributed by atoms with E-state index >= 15 is 0 Å². The Morgan fingerprint density at radius 1 is 1.33 bits per heavy atom. The van der Waals surface area contributed by atoms with Gasteiger partial charge in [0.15, 0.2) is 0 Å². The number of rotatable bonds is 0. The van der Waals surface area contributed by atoms with Gasteiger partial charge in [0, 0.05) is 6.20 Å². The van der Waals surface area contributed by atoms with Crippen molar-refractivity contribution in [3.8, 4) is 0 Å². The third kappa shape index (κ3) is 1.13. The Labute approximate surface area is 55.1 Å². The van der Waals surface area contributed by atoms with Gasteiger partial charge < -0.3 is 0 Å². The molecule has 0 bridgehead atoms. The Kier molecular flexibility index (Phi) is 1.33. The van der Waals surface area contributed by atoms with Crippen LogP contribution in [0.5, 0.6) is 0 Å². The molecule has 0 radical (unpaired) electrons. The molecule has 0 aromatic heterocycles. The van der Waals surface area contributed by atoms with Gasteiger partial charge in [0.25, 0.3) is 0 Å². The van der Waals surface area contributed by atoms with E-state index in [-0.39, 0.29) is 5.54 Å². The SMILES string of the molecule is CC1(C)C=CC=CN1O. The molecule has 1 aliphatic heterocycles. The molecule has 50 valence electrons. The largest absolute Gasteiger partial charge is 0.288 e. The lowest BCUT2D eigenvalue weighted by Crippen LogP contribution is -2.36. The van der Waals surface area contributed by atoms with Crippen molar-refractivity contribution in [1.82, 2.24) is 5.06 Å². The monoisotopic (exact) mass is 125 g/mol. The van der Waals surface area contributed by atoms with Gasteiger partial charge in [0.05, 0.1) is 5.54 Å². The van der Waals surface area contributed by atoms with E-state index in [2.05, 4.69) is 0 Å². The van der Waals surface area contributed by atoms with E-state index in [1.807, 2.05) is 26.0 Å². The summed E-state index contributed by atoms with van der Waals surface area (Å²) < 4.78 is 0. The fourth-order valence-corrected chi connectivity index (χ4v) is 0.691. The molecule has 0 saturated heterocycles.